The van der Waals surface area contributed by atoms with Crippen LogP contribution in [-0.2, 0) is 6.42 Å². The van der Waals surface area contributed by atoms with Crippen molar-refractivity contribution in [2.75, 3.05) is 6.61 Å². The van der Waals surface area contributed by atoms with Crippen LogP contribution in [0.5, 0.6) is 11.5 Å². The molecule has 1 aromatic carbocycles. The van der Waals surface area contributed by atoms with Crippen molar-refractivity contribution in [2.24, 2.45) is 0 Å². The summed E-state index contributed by atoms with van der Waals surface area (Å²) < 4.78 is 10.6. The van der Waals surface area contributed by atoms with Gasteiger partial charge < -0.3 is 9.47 Å². The Hall–Kier alpha value is -1.44. The van der Waals surface area contributed by atoms with Crippen LogP contribution in [0.25, 0.3) is 0 Å². The van der Waals surface area contributed by atoms with E-state index in [9.17, 15) is 0 Å². The average molecular weight is 162 g/mol. The van der Waals surface area contributed by atoms with Gasteiger partial charge in [0.2, 0.25) is 0 Å². The van der Waals surface area contributed by atoms with Gasteiger partial charge in [-0.1, -0.05) is 18.7 Å². The molecule has 12 heavy (non-hydrogen) atoms. The van der Waals surface area contributed by atoms with E-state index in [1.165, 1.54) is 11.8 Å². The first-order chi connectivity index (χ1) is 5.92. The lowest BCUT2D eigenvalue weighted by Crippen LogP contribution is -1.89. The second-order valence-corrected chi connectivity index (χ2v) is 2.63. The maximum atomic E-state index is 5.41. The fourth-order valence-electron chi connectivity index (χ4n) is 1.37. The quantitative estimate of drug-likeness (QED) is 0.620. The summed E-state index contributed by atoms with van der Waals surface area (Å²) in [5.41, 5.74) is 1.22. The first-order valence-electron chi connectivity index (χ1n) is 3.94. The third-order valence-electron chi connectivity index (χ3n) is 1.89. The Morgan fingerprint density at radius 2 is 2.42 bits per heavy atom. The minimum absolute atomic E-state index is 0.757. The van der Waals surface area contributed by atoms with E-state index >= 15 is 0 Å². The van der Waals surface area contributed by atoms with Crippen molar-refractivity contribution in [3.63, 3.8) is 0 Å². The van der Waals surface area contributed by atoms with Gasteiger partial charge in [0, 0.05) is 12.0 Å². The molecule has 2 nitrogen and oxygen atoms in total. The lowest BCUT2D eigenvalue weighted by molar-refractivity contribution is 0.338. The maximum Gasteiger partial charge on any atom is 0.168 e. The maximum absolute atomic E-state index is 5.41. The summed E-state index contributed by atoms with van der Waals surface area (Å²) in [4.78, 5) is 0. The number of hydrogen-bond donors (Lipinski definition) is 0. The molecule has 0 aliphatic carbocycles. The smallest absolute Gasteiger partial charge is 0.168 e. The Morgan fingerprint density at radius 1 is 1.50 bits per heavy atom. The van der Waals surface area contributed by atoms with Gasteiger partial charge in [-0.15, -0.1) is 0 Å². The molecule has 2 rings (SSSR count). The highest BCUT2D eigenvalue weighted by Crippen LogP contribution is 2.35. The largest absolute Gasteiger partial charge is 0.489 e. The van der Waals surface area contributed by atoms with Crippen LogP contribution >= 0.6 is 0 Å². The van der Waals surface area contributed by atoms with Gasteiger partial charge in [0.25, 0.3) is 0 Å². The summed E-state index contributed by atoms with van der Waals surface area (Å²) in [6.45, 7) is 4.26. The molecule has 0 unspecified atom stereocenters. The van der Waals surface area contributed by atoms with Gasteiger partial charge in [-0.3, -0.25) is 0 Å². The summed E-state index contributed by atoms with van der Waals surface area (Å²) in [5.74, 6) is 1.64. The van der Waals surface area contributed by atoms with E-state index in [0.717, 1.165) is 24.5 Å². The second-order valence-electron chi connectivity index (χ2n) is 2.63. The Bertz CT molecular complexity index is 305. The van der Waals surface area contributed by atoms with Crippen LogP contribution in [0, 0.1) is 0 Å². The van der Waals surface area contributed by atoms with E-state index in [0.29, 0.717) is 0 Å². The lowest BCUT2D eigenvalue weighted by Gasteiger charge is -2.05. The summed E-state index contributed by atoms with van der Waals surface area (Å²) >= 11 is 0. The minimum Gasteiger partial charge on any atom is -0.489 e. The normalized spacial score (nSPS) is 13.3. The van der Waals surface area contributed by atoms with Crippen LogP contribution in [0.15, 0.2) is 31.0 Å². The molecule has 1 aliphatic rings. The van der Waals surface area contributed by atoms with Crippen LogP contribution in [0.3, 0.4) is 0 Å². The molecule has 1 heterocycles. The lowest BCUT2D eigenvalue weighted by atomic mass is 10.2. The molecule has 0 fully saturated rings. The third-order valence-corrected chi connectivity index (χ3v) is 1.89. The van der Waals surface area contributed by atoms with E-state index in [2.05, 4.69) is 12.6 Å². The topological polar surface area (TPSA) is 18.5 Å². The molecule has 62 valence electrons. The zero-order valence-electron chi connectivity index (χ0n) is 6.75. The fraction of sp³-hybridized carbons (Fsp3) is 0.200. The molecule has 0 amide bonds. The Labute approximate surface area is 71.4 Å². The zero-order valence-corrected chi connectivity index (χ0v) is 6.75. The molecule has 1 aromatic rings. The van der Waals surface area contributed by atoms with Crippen molar-refractivity contribution in [3.05, 3.63) is 36.6 Å². The summed E-state index contributed by atoms with van der Waals surface area (Å²) in [7, 11) is 0. The Balaban J connectivity index is 2.42. The molecule has 1 aliphatic heterocycles. The minimum atomic E-state index is 0.757. The van der Waals surface area contributed by atoms with Gasteiger partial charge in [-0.25, -0.2) is 0 Å². The van der Waals surface area contributed by atoms with Crippen LogP contribution in [0.1, 0.15) is 5.56 Å². The molecule has 0 spiro atoms. The number of para-hydroxylation sites is 1. The first kappa shape index (κ1) is 7.22. The van der Waals surface area contributed by atoms with E-state index in [1.807, 2.05) is 12.1 Å². The number of ether oxygens (including phenoxy) is 2. The van der Waals surface area contributed by atoms with Gasteiger partial charge in [-0.2, -0.15) is 0 Å². The summed E-state index contributed by atoms with van der Waals surface area (Å²) in [6, 6.07) is 5.90. The Kier molecular flexibility index (Phi) is 1.74. The second kappa shape index (κ2) is 2.89. The monoisotopic (exact) mass is 162 g/mol. The van der Waals surface area contributed by atoms with Gasteiger partial charge >= 0.3 is 0 Å². The predicted molar refractivity (Wildman–Crippen MR) is 46.5 cm³/mol. The zero-order chi connectivity index (χ0) is 8.39. The highest BCUT2D eigenvalue weighted by Gasteiger charge is 2.15. The van der Waals surface area contributed by atoms with Crippen molar-refractivity contribution in [2.45, 2.75) is 6.42 Å². The molecule has 0 saturated carbocycles. The van der Waals surface area contributed by atoms with Crippen molar-refractivity contribution in [1.29, 1.82) is 0 Å². The van der Waals surface area contributed by atoms with Crippen LogP contribution in [0.2, 0.25) is 0 Å². The van der Waals surface area contributed by atoms with Gasteiger partial charge in [0.1, 0.15) is 0 Å². The molecular formula is C10H10O2. The molecule has 2 heteroatoms. The molecular weight excluding hydrogens is 152 g/mol. The molecule has 0 radical (unpaired) electrons. The van der Waals surface area contributed by atoms with Crippen molar-refractivity contribution in [1.82, 2.24) is 0 Å². The van der Waals surface area contributed by atoms with Crippen LogP contribution in [0.4, 0.5) is 0 Å². The third kappa shape index (κ3) is 1.05. The number of hydrogen-bond acceptors (Lipinski definition) is 2. The van der Waals surface area contributed by atoms with Crippen LogP contribution in [-0.4, -0.2) is 6.61 Å². The first-order valence-corrected chi connectivity index (χ1v) is 3.94. The van der Waals surface area contributed by atoms with E-state index in [4.69, 9.17) is 9.47 Å². The molecule has 0 bridgehead atoms. The average Bonchev–Trinajstić information content (AvgIpc) is 2.53. The molecule has 0 aromatic heterocycles. The van der Waals surface area contributed by atoms with E-state index in [-0.39, 0.29) is 0 Å². The highest BCUT2D eigenvalue weighted by molar-refractivity contribution is 5.48. The SMILES string of the molecule is C=COc1cccc2c1OCC2. The fourth-order valence-corrected chi connectivity index (χ4v) is 1.37. The van der Waals surface area contributed by atoms with E-state index in [1.54, 1.807) is 0 Å². The summed E-state index contributed by atoms with van der Waals surface area (Å²) in [5, 5.41) is 0. The van der Waals surface area contributed by atoms with Crippen molar-refractivity contribution < 1.29 is 9.47 Å². The molecule has 0 atom stereocenters. The van der Waals surface area contributed by atoms with Gasteiger partial charge in [0.15, 0.2) is 11.5 Å². The van der Waals surface area contributed by atoms with Gasteiger partial charge in [-0.05, 0) is 6.07 Å². The van der Waals surface area contributed by atoms with Crippen molar-refractivity contribution >= 4 is 0 Å². The van der Waals surface area contributed by atoms with Gasteiger partial charge in [0.05, 0.1) is 12.9 Å². The molecule has 0 saturated heterocycles. The number of fused-ring (bicyclic) bond motifs is 1. The van der Waals surface area contributed by atoms with Crippen molar-refractivity contribution in [3.8, 4) is 11.5 Å². The number of benzene rings is 1. The molecule has 0 N–H and O–H groups in total. The summed E-state index contributed by atoms with van der Waals surface area (Å²) in [6.07, 6.45) is 2.39. The van der Waals surface area contributed by atoms with Crippen LogP contribution < -0.4 is 9.47 Å². The van der Waals surface area contributed by atoms with E-state index < -0.39 is 0 Å². The highest BCUT2D eigenvalue weighted by atomic mass is 16.5. The standard InChI is InChI=1S/C10H10O2/c1-2-11-9-5-3-4-8-6-7-12-10(8)9/h2-5H,1,6-7H2. The number of rotatable bonds is 2. The predicted octanol–water partition coefficient (Wildman–Crippen LogP) is 2.14. The Morgan fingerprint density at radius 3 is 3.25 bits per heavy atom.